The van der Waals surface area contributed by atoms with Crippen LogP contribution >= 0.6 is 0 Å². The lowest BCUT2D eigenvalue weighted by atomic mass is 10.1. The van der Waals surface area contributed by atoms with Gasteiger partial charge in [0, 0.05) is 50.9 Å². The van der Waals surface area contributed by atoms with E-state index in [1.165, 1.54) is 12.1 Å². The van der Waals surface area contributed by atoms with Crippen LogP contribution in [0.2, 0.25) is 0 Å². The third-order valence-electron chi connectivity index (χ3n) is 5.13. The number of piperazine rings is 1. The summed E-state index contributed by atoms with van der Waals surface area (Å²) in [6, 6.07) is 12.1. The zero-order chi connectivity index (χ0) is 19.2. The summed E-state index contributed by atoms with van der Waals surface area (Å²) < 4.78 is 18.4. The van der Waals surface area contributed by atoms with Gasteiger partial charge in [-0.25, -0.2) is 4.39 Å². The predicted octanol–water partition coefficient (Wildman–Crippen LogP) is 2.61. The van der Waals surface area contributed by atoms with Crippen molar-refractivity contribution in [3.63, 3.8) is 0 Å². The summed E-state index contributed by atoms with van der Waals surface area (Å²) in [5, 5.41) is 19.6. The van der Waals surface area contributed by atoms with Crippen molar-refractivity contribution in [2.45, 2.75) is 25.6 Å². The van der Waals surface area contributed by atoms with E-state index in [9.17, 15) is 14.6 Å². The normalized spacial score (nSPS) is 18.6. The van der Waals surface area contributed by atoms with Gasteiger partial charge in [-0.3, -0.25) is 9.80 Å². The zero-order valence-corrected chi connectivity index (χ0v) is 15.6. The Bertz CT molecular complexity index is 739. The Morgan fingerprint density at radius 1 is 1.11 bits per heavy atom. The van der Waals surface area contributed by atoms with Crippen LogP contribution in [0, 0.1) is 5.82 Å². The van der Waals surface area contributed by atoms with E-state index in [0.29, 0.717) is 13.0 Å². The molecule has 0 aromatic heterocycles. The number of benzene rings is 2. The second-order valence-corrected chi connectivity index (χ2v) is 6.99. The highest BCUT2D eigenvalue weighted by Crippen LogP contribution is 2.26. The molecule has 2 aromatic rings. The number of hydrogen-bond acceptors (Lipinski definition) is 5. The van der Waals surface area contributed by atoms with Crippen molar-refractivity contribution in [2.75, 3.05) is 33.4 Å². The maximum Gasteiger partial charge on any atom is 0.123 e. The van der Waals surface area contributed by atoms with E-state index in [2.05, 4.69) is 9.80 Å². The first kappa shape index (κ1) is 19.6. The molecule has 146 valence electrons. The summed E-state index contributed by atoms with van der Waals surface area (Å²) in [6.07, 6.45) is 0.682. The van der Waals surface area contributed by atoms with Crippen molar-refractivity contribution in [3.8, 4) is 11.5 Å². The number of halogens is 1. The second-order valence-electron chi connectivity index (χ2n) is 6.99. The molecule has 1 heterocycles. The number of rotatable bonds is 7. The molecule has 1 aliphatic rings. The molecule has 0 amide bonds. The molecule has 2 aromatic carbocycles. The lowest BCUT2D eigenvalue weighted by molar-refractivity contribution is 0.0496. The van der Waals surface area contributed by atoms with E-state index < -0.39 is 0 Å². The molecule has 0 saturated carbocycles. The summed E-state index contributed by atoms with van der Waals surface area (Å²) in [4.78, 5) is 4.63. The Kier molecular flexibility index (Phi) is 6.66. The van der Waals surface area contributed by atoms with Crippen LogP contribution in [-0.2, 0) is 13.1 Å². The number of phenolic OH excluding ortho intramolecular Hbond substituents is 1. The summed E-state index contributed by atoms with van der Waals surface area (Å²) in [6.45, 7) is 4.02. The number of aromatic hydroxyl groups is 1. The molecule has 1 fully saturated rings. The number of phenols is 1. The minimum absolute atomic E-state index is 0.128. The van der Waals surface area contributed by atoms with E-state index in [4.69, 9.17) is 4.74 Å². The van der Waals surface area contributed by atoms with Crippen molar-refractivity contribution in [3.05, 3.63) is 59.4 Å². The maximum atomic E-state index is 13.1. The van der Waals surface area contributed by atoms with Crippen LogP contribution < -0.4 is 4.74 Å². The Morgan fingerprint density at radius 3 is 2.59 bits per heavy atom. The lowest BCUT2D eigenvalue weighted by Gasteiger charge is -2.41. The quantitative estimate of drug-likeness (QED) is 0.780. The fraction of sp³-hybridized carbons (Fsp3) is 0.429. The third-order valence-corrected chi connectivity index (χ3v) is 5.13. The van der Waals surface area contributed by atoms with Crippen molar-refractivity contribution >= 4 is 0 Å². The van der Waals surface area contributed by atoms with E-state index in [0.717, 1.165) is 43.1 Å². The van der Waals surface area contributed by atoms with Gasteiger partial charge in [0.25, 0.3) is 0 Å². The summed E-state index contributed by atoms with van der Waals surface area (Å²) >= 11 is 0. The molecule has 0 bridgehead atoms. The fourth-order valence-electron chi connectivity index (χ4n) is 3.61. The van der Waals surface area contributed by atoms with Crippen LogP contribution in [0.5, 0.6) is 11.5 Å². The first-order valence-corrected chi connectivity index (χ1v) is 9.26. The molecule has 3 rings (SSSR count). The number of aliphatic hydroxyl groups excluding tert-OH is 1. The number of aliphatic hydroxyl groups is 1. The second kappa shape index (κ2) is 9.17. The van der Waals surface area contributed by atoms with Gasteiger partial charge in [-0.2, -0.15) is 0 Å². The Morgan fingerprint density at radius 2 is 1.89 bits per heavy atom. The Balaban J connectivity index is 1.65. The maximum absolute atomic E-state index is 13.1. The van der Waals surface area contributed by atoms with E-state index in [1.807, 2.05) is 18.2 Å². The van der Waals surface area contributed by atoms with Crippen molar-refractivity contribution in [1.82, 2.24) is 9.80 Å². The highest BCUT2D eigenvalue weighted by molar-refractivity contribution is 5.39. The minimum Gasteiger partial charge on any atom is -0.508 e. The SMILES string of the molecule is COc1ccc(O)c(CN2CCN(Cc3ccc(F)cc3)[C@@H](CCO)C2)c1. The Hall–Kier alpha value is -2.15. The summed E-state index contributed by atoms with van der Waals surface area (Å²) in [5.41, 5.74) is 1.90. The van der Waals surface area contributed by atoms with Crippen LogP contribution in [-0.4, -0.2) is 59.4 Å². The van der Waals surface area contributed by atoms with Gasteiger partial charge in [0.2, 0.25) is 0 Å². The molecule has 1 saturated heterocycles. The average molecular weight is 374 g/mol. The van der Waals surface area contributed by atoms with Gasteiger partial charge < -0.3 is 14.9 Å². The highest BCUT2D eigenvalue weighted by Gasteiger charge is 2.27. The zero-order valence-electron chi connectivity index (χ0n) is 15.6. The third kappa shape index (κ3) is 5.19. The van der Waals surface area contributed by atoms with Crippen molar-refractivity contribution < 1.29 is 19.3 Å². The Labute approximate surface area is 159 Å². The summed E-state index contributed by atoms with van der Waals surface area (Å²) in [5.74, 6) is 0.765. The van der Waals surface area contributed by atoms with Crippen LogP contribution in [0.3, 0.4) is 0 Å². The van der Waals surface area contributed by atoms with Gasteiger partial charge in [0.15, 0.2) is 0 Å². The van der Waals surface area contributed by atoms with Gasteiger partial charge in [0.05, 0.1) is 7.11 Å². The van der Waals surface area contributed by atoms with E-state index >= 15 is 0 Å². The van der Waals surface area contributed by atoms with Gasteiger partial charge in [0.1, 0.15) is 17.3 Å². The van der Waals surface area contributed by atoms with E-state index in [1.54, 1.807) is 19.2 Å². The molecule has 0 radical (unpaired) electrons. The predicted molar refractivity (Wildman–Crippen MR) is 102 cm³/mol. The fourth-order valence-corrected chi connectivity index (χ4v) is 3.61. The molecule has 5 nitrogen and oxygen atoms in total. The largest absolute Gasteiger partial charge is 0.508 e. The smallest absolute Gasteiger partial charge is 0.123 e. The molecule has 2 N–H and O–H groups in total. The molecule has 27 heavy (non-hydrogen) atoms. The monoisotopic (exact) mass is 374 g/mol. The van der Waals surface area contributed by atoms with Crippen LogP contribution in [0.15, 0.2) is 42.5 Å². The number of ether oxygens (including phenoxy) is 1. The topological polar surface area (TPSA) is 56.2 Å². The molecular weight excluding hydrogens is 347 g/mol. The van der Waals surface area contributed by atoms with Gasteiger partial charge in [-0.15, -0.1) is 0 Å². The van der Waals surface area contributed by atoms with Gasteiger partial charge in [-0.1, -0.05) is 12.1 Å². The first-order valence-electron chi connectivity index (χ1n) is 9.26. The highest BCUT2D eigenvalue weighted by atomic mass is 19.1. The average Bonchev–Trinajstić information content (AvgIpc) is 2.67. The van der Waals surface area contributed by atoms with Crippen LogP contribution in [0.25, 0.3) is 0 Å². The number of nitrogens with zero attached hydrogens (tertiary/aromatic N) is 2. The van der Waals surface area contributed by atoms with Crippen molar-refractivity contribution in [2.24, 2.45) is 0 Å². The molecular formula is C21H27FN2O3. The minimum atomic E-state index is -0.228. The lowest BCUT2D eigenvalue weighted by Crippen LogP contribution is -2.52. The molecule has 0 aliphatic carbocycles. The van der Waals surface area contributed by atoms with Gasteiger partial charge in [-0.05, 0) is 42.3 Å². The standard InChI is InChI=1S/C21H27FN2O3/c1-27-20-6-7-21(26)17(12-20)14-23-9-10-24(19(15-23)8-11-25)13-16-2-4-18(22)5-3-16/h2-7,12,19,25-26H,8-11,13-15H2,1H3/t19-/m0/s1. The van der Waals surface area contributed by atoms with E-state index in [-0.39, 0.29) is 24.2 Å². The number of methoxy groups -OCH3 is 1. The first-order chi connectivity index (χ1) is 13.1. The van der Waals surface area contributed by atoms with Crippen LogP contribution in [0.1, 0.15) is 17.5 Å². The number of hydrogen-bond donors (Lipinski definition) is 2. The van der Waals surface area contributed by atoms with Crippen molar-refractivity contribution in [1.29, 1.82) is 0 Å². The molecule has 1 aliphatic heterocycles. The molecule has 0 unspecified atom stereocenters. The molecule has 0 spiro atoms. The molecule has 1 atom stereocenters. The van der Waals surface area contributed by atoms with Crippen LogP contribution in [0.4, 0.5) is 4.39 Å². The van der Waals surface area contributed by atoms with Gasteiger partial charge >= 0.3 is 0 Å². The summed E-state index contributed by atoms with van der Waals surface area (Å²) in [7, 11) is 1.61. The molecule has 6 heteroatoms.